The SMILES string of the molecule is CCOc1ccc([C@H]2C(C#N)=C(N)N(c3nnc(SCc4ccccc4Cl)s3)C3=C2C(=O)CC(C)(C)C3)cc1. The Labute approximate surface area is 241 Å². The number of nitrogens with two attached hydrogens (primary N) is 1. The topological polar surface area (TPSA) is 105 Å². The summed E-state index contributed by atoms with van der Waals surface area (Å²) in [5.74, 6) is 1.11. The normalized spacial score (nSPS) is 18.7. The molecule has 39 heavy (non-hydrogen) atoms. The number of aromatic nitrogens is 2. The maximum absolute atomic E-state index is 13.7. The summed E-state index contributed by atoms with van der Waals surface area (Å²) in [7, 11) is 0. The fraction of sp³-hybridized carbons (Fsp3) is 0.310. The smallest absolute Gasteiger partial charge is 0.219 e. The highest BCUT2D eigenvalue weighted by Gasteiger charge is 2.45. The average Bonchev–Trinajstić information content (AvgIpc) is 3.36. The zero-order chi connectivity index (χ0) is 27.7. The van der Waals surface area contributed by atoms with E-state index in [-0.39, 0.29) is 17.0 Å². The molecule has 1 aliphatic carbocycles. The van der Waals surface area contributed by atoms with Gasteiger partial charge in [0.25, 0.3) is 0 Å². The third-order valence-electron chi connectivity index (χ3n) is 6.80. The molecule has 7 nitrogen and oxygen atoms in total. The zero-order valence-corrected chi connectivity index (χ0v) is 24.3. The molecule has 1 atom stereocenters. The first-order valence-corrected chi connectivity index (χ1v) is 14.8. The molecule has 2 heterocycles. The maximum atomic E-state index is 13.7. The summed E-state index contributed by atoms with van der Waals surface area (Å²) in [6.45, 7) is 6.62. The molecule has 0 radical (unpaired) electrons. The number of allylic oxidation sites excluding steroid dienone is 3. The van der Waals surface area contributed by atoms with Crippen molar-refractivity contribution in [2.24, 2.45) is 11.1 Å². The molecule has 0 spiro atoms. The van der Waals surface area contributed by atoms with Gasteiger partial charge in [-0.1, -0.05) is 78.9 Å². The lowest BCUT2D eigenvalue weighted by atomic mass is 9.68. The number of carbonyl (C=O) groups is 1. The van der Waals surface area contributed by atoms with E-state index in [1.54, 1.807) is 4.90 Å². The summed E-state index contributed by atoms with van der Waals surface area (Å²) < 4.78 is 6.34. The van der Waals surface area contributed by atoms with Gasteiger partial charge in [0.2, 0.25) is 5.13 Å². The molecule has 1 aliphatic heterocycles. The molecule has 0 fully saturated rings. The van der Waals surface area contributed by atoms with Crippen LogP contribution in [-0.4, -0.2) is 22.6 Å². The van der Waals surface area contributed by atoms with E-state index in [1.165, 1.54) is 23.1 Å². The van der Waals surface area contributed by atoms with Crippen LogP contribution in [0.1, 0.15) is 50.7 Å². The Bertz CT molecular complexity index is 1520. The van der Waals surface area contributed by atoms with Crippen LogP contribution in [0.3, 0.4) is 0 Å². The van der Waals surface area contributed by atoms with Gasteiger partial charge in [-0.2, -0.15) is 5.26 Å². The summed E-state index contributed by atoms with van der Waals surface area (Å²) in [6.07, 6.45) is 1.00. The largest absolute Gasteiger partial charge is 0.494 e. The molecule has 2 aliphatic rings. The Morgan fingerprint density at radius 1 is 1.21 bits per heavy atom. The van der Waals surface area contributed by atoms with E-state index in [2.05, 4.69) is 30.1 Å². The monoisotopic (exact) mass is 577 g/mol. The van der Waals surface area contributed by atoms with Crippen molar-refractivity contribution in [2.75, 3.05) is 11.5 Å². The summed E-state index contributed by atoms with van der Waals surface area (Å²) in [5, 5.41) is 20.4. The molecule has 5 rings (SSSR count). The Kier molecular flexibility index (Phi) is 7.72. The van der Waals surface area contributed by atoms with E-state index < -0.39 is 5.92 Å². The molecule has 200 valence electrons. The molecule has 10 heteroatoms. The van der Waals surface area contributed by atoms with Crippen molar-refractivity contribution in [1.82, 2.24) is 10.2 Å². The van der Waals surface area contributed by atoms with Crippen LogP contribution in [-0.2, 0) is 10.5 Å². The van der Waals surface area contributed by atoms with Crippen LogP contribution in [0.2, 0.25) is 5.02 Å². The molecular weight excluding hydrogens is 550 g/mol. The van der Waals surface area contributed by atoms with Gasteiger partial charge < -0.3 is 10.5 Å². The highest BCUT2D eigenvalue weighted by molar-refractivity contribution is 8.00. The van der Waals surface area contributed by atoms with Crippen molar-refractivity contribution in [3.05, 3.63) is 87.3 Å². The first-order chi connectivity index (χ1) is 18.7. The third-order valence-corrected chi connectivity index (χ3v) is 9.26. The number of nitriles is 1. The number of Topliss-reactive ketones (excluding diaryl/α,β-unsaturated/α-hetero) is 1. The quantitative estimate of drug-likeness (QED) is 0.305. The number of benzene rings is 2. The first-order valence-electron chi connectivity index (χ1n) is 12.6. The van der Waals surface area contributed by atoms with E-state index in [4.69, 9.17) is 22.1 Å². The van der Waals surface area contributed by atoms with Gasteiger partial charge in [-0.15, -0.1) is 10.2 Å². The van der Waals surface area contributed by atoms with Crippen molar-refractivity contribution in [2.45, 2.75) is 49.6 Å². The Hall–Kier alpha value is -3.32. The Balaban J connectivity index is 1.55. The second kappa shape index (κ2) is 11.0. The molecular formula is C29H28ClN5O2S2. The number of thioether (sulfide) groups is 1. The lowest BCUT2D eigenvalue weighted by Crippen LogP contribution is -2.42. The summed E-state index contributed by atoms with van der Waals surface area (Å²) >= 11 is 9.23. The average molecular weight is 578 g/mol. The zero-order valence-electron chi connectivity index (χ0n) is 21.9. The van der Waals surface area contributed by atoms with Crippen LogP contribution in [0, 0.1) is 16.7 Å². The number of hydrogen-bond acceptors (Lipinski definition) is 9. The Morgan fingerprint density at radius 2 is 1.95 bits per heavy atom. The molecule has 0 saturated heterocycles. The van der Waals surface area contributed by atoms with Gasteiger partial charge in [0, 0.05) is 28.5 Å². The van der Waals surface area contributed by atoms with E-state index >= 15 is 0 Å². The second-order valence-corrected chi connectivity index (χ2v) is 12.8. The van der Waals surface area contributed by atoms with E-state index in [0.717, 1.165) is 26.9 Å². The minimum absolute atomic E-state index is 0.0169. The van der Waals surface area contributed by atoms with Gasteiger partial charge in [0.15, 0.2) is 10.1 Å². The lowest BCUT2D eigenvalue weighted by molar-refractivity contribution is -0.118. The summed E-state index contributed by atoms with van der Waals surface area (Å²) in [4.78, 5) is 15.5. The van der Waals surface area contributed by atoms with Crippen LogP contribution in [0.25, 0.3) is 0 Å². The van der Waals surface area contributed by atoms with Crippen LogP contribution < -0.4 is 15.4 Å². The number of rotatable bonds is 7. The molecule has 3 aromatic rings. The predicted molar refractivity (Wildman–Crippen MR) is 156 cm³/mol. The second-order valence-electron chi connectivity index (χ2n) is 10.2. The summed E-state index contributed by atoms with van der Waals surface area (Å²) in [5.41, 5.74) is 10.0. The fourth-order valence-corrected chi connectivity index (χ4v) is 7.26. The minimum Gasteiger partial charge on any atom is -0.494 e. The van der Waals surface area contributed by atoms with Crippen molar-refractivity contribution >= 4 is 45.6 Å². The molecule has 0 unspecified atom stereocenters. The molecule has 0 saturated carbocycles. The lowest BCUT2D eigenvalue weighted by Gasteiger charge is -2.42. The number of nitrogens with zero attached hydrogens (tertiary/aromatic N) is 4. The standard InChI is InChI=1S/C29H28ClN5O2S2/c1-4-37-19-11-9-17(10-12-19)24-20(15-31)26(32)35(22-13-29(2,3)14-23(36)25(22)24)27-33-34-28(39-27)38-16-18-7-5-6-8-21(18)30/h5-12,24H,4,13-14,16,32H2,1-3H3/t24-/m0/s1. The molecule has 1 aromatic heterocycles. The van der Waals surface area contributed by atoms with Gasteiger partial charge in [0.1, 0.15) is 11.6 Å². The molecule has 2 aromatic carbocycles. The van der Waals surface area contributed by atoms with Crippen molar-refractivity contribution in [3.8, 4) is 11.8 Å². The Morgan fingerprint density at radius 3 is 2.64 bits per heavy atom. The van der Waals surface area contributed by atoms with Crippen LogP contribution in [0.15, 0.2) is 75.5 Å². The predicted octanol–water partition coefficient (Wildman–Crippen LogP) is 6.82. The van der Waals surface area contributed by atoms with Gasteiger partial charge in [-0.3, -0.25) is 9.69 Å². The van der Waals surface area contributed by atoms with Gasteiger partial charge in [-0.05, 0) is 48.1 Å². The van der Waals surface area contributed by atoms with E-state index in [9.17, 15) is 10.1 Å². The van der Waals surface area contributed by atoms with E-state index in [1.807, 2.05) is 55.5 Å². The number of ether oxygens (including phenoxy) is 1. The van der Waals surface area contributed by atoms with Gasteiger partial charge >= 0.3 is 0 Å². The van der Waals surface area contributed by atoms with Crippen molar-refractivity contribution in [1.29, 1.82) is 5.26 Å². The van der Waals surface area contributed by atoms with Crippen molar-refractivity contribution in [3.63, 3.8) is 0 Å². The maximum Gasteiger partial charge on any atom is 0.219 e. The minimum atomic E-state index is -0.553. The number of hydrogen-bond donors (Lipinski definition) is 1. The number of anilines is 1. The van der Waals surface area contributed by atoms with Crippen LogP contribution in [0.4, 0.5) is 5.13 Å². The first kappa shape index (κ1) is 27.3. The van der Waals surface area contributed by atoms with Gasteiger partial charge in [0.05, 0.1) is 24.2 Å². The highest BCUT2D eigenvalue weighted by Crippen LogP contribution is 2.51. The molecule has 0 bridgehead atoms. The van der Waals surface area contributed by atoms with Crippen molar-refractivity contribution < 1.29 is 9.53 Å². The molecule has 2 N–H and O–H groups in total. The number of carbonyl (C=O) groups excluding carboxylic acids is 1. The van der Waals surface area contributed by atoms with Gasteiger partial charge in [-0.25, -0.2) is 0 Å². The highest BCUT2D eigenvalue weighted by atomic mass is 35.5. The number of halogens is 1. The summed E-state index contributed by atoms with van der Waals surface area (Å²) in [6, 6.07) is 17.5. The fourth-order valence-electron chi connectivity index (χ4n) is 5.09. The van der Waals surface area contributed by atoms with E-state index in [0.29, 0.717) is 46.5 Å². The van der Waals surface area contributed by atoms with Crippen LogP contribution in [0.5, 0.6) is 5.75 Å². The van der Waals surface area contributed by atoms with Crippen LogP contribution >= 0.6 is 34.7 Å². The molecule has 0 amide bonds. The number of ketones is 1. The third kappa shape index (κ3) is 5.42.